The Balaban J connectivity index is 1.73. The molecule has 1 aliphatic rings. The van der Waals surface area contributed by atoms with Gasteiger partial charge in [0.15, 0.2) is 5.43 Å². The van der Waals surface area contributed by atoms with E-state index < -0.39 is 6.04 Å². The molecule has 4 heterocycles. The highest BCUT2D eigenvalue weighted by Gasteiger charge is 2.43. The van der Waals surface area contributed by atoms with E-state index in [2.05, 4.69) is 4.98 Å². The summed E-state index contributed by atoms with van der Waals surface area (Å²) < 4.78 is 5.89. The molecule has 0 radical (unpaired) electrons. The number of carbonyl (C=O) groups excluding carboxylic acids is 1. The van der Waals surface area contributed by atoms with Crippen LogP contribution < -0.4 is 5.43 Å². The van der Waals surface area contributed by atoms with Gasteiger partial charge >= 0.3 is 0 Å². The quantitative estimate of drug-likeness (QED) is 0.544. The molecule has 1 unspecified atom stereocenters. The fourth-order valence-electron chi connectivity index (χ4n) is 3.56. The van der Waals surface area contributed by atoms with E-state index in [1.807, 2.05) is 29.6 Å². The fourth-order valence-corrected chi connectivity index (χ4v) is 4.41. The predicted octanol–water partition coefficient (Wildman–Crippen LogP) is 3.99. The molecule has 0 bridgehead atoms. The third-order valence-corrected chi connectivity index (χ3v) is 5.69. The topological polar surface area (TPSA) is 63.4 Å². The molecule has 0 N–H and O–H groups in total. The van der Waals surface area contributed by atoms with E-state index in [0.29, 0.717) is 23.1 Å². The molecule has 5 nitrogen and oxygen atoms in total. The maximum atomic E-state index is 13.2. The molecular weight excluding hydrogens is 360 g/mol. The third kappa shape index (κ3) is 2.49. The summed E-state index contributed by atoms with van der Waals surface area (Å²) in [7, 11) is 0. The van der Waals surface area contributed by atoms with Crippen LogP contribution in [0.2, 0.25) is 0 Å². The highest BCUT2D eigenvalue weighted by Crippen LogP contribution is 2.40. The van der Waals surface area contributed by atoms with Crippen molar-refractivity contribution in [2.24, 2.45) is 0 Å². The molecule has 6 heteroatoms. The second-order valence-corrected chi connectivity index (χ2v) is 7.36. The van der Waals surface area contributed by atoms with Gasteiger partial charge in [0.1, 0.15) is 11.6 Å². The second-order valence-electron chi connectivity index (χ2n) is 6.38. The average molecular weight is 374 g/mol. The van der Waals surface area contributed by atoms with E-state index in [-0.39, 0.29) is 17.1 Å². The van der Waals surface area contributed by atoms with Crippen LogP contribution in [-0.4, -0.2) is 15.8 Å². The molecule has 1 atom stereocenters. The van der Waals surface area contributed by atoms with Crippen LogP contribution in [0.25, 0.3) is 11.0 Å². The summed E-state index contributed by atoms with van der Waals surface area (Å²) in [5.74, 6) is -0.129. The summed E-state index contributed by atoms with van der Waals surface area (Å²) in [5.41, 5.74) is 1.61. The van der Waals surface area contributed by atoms with Gasteiger partial charge < -0.3 is 9.32 Å². The number of amides is 1. The van der Waals surface area contributed by atoms with Crippen molar-refractivity contribution in [3.05, 3.63) is 98.3 Å². The molecule has 1 amide bonds. The minimum absolute atomic E-state index is 0.140. The molecule has 0 saturated heterocycles. The molecule has 0 saturated carbocycles. The van der Waals surface area contributed by atoms with Crippen LogP contribution in [0.3, 0.4) is 0 Å². The third-order valence-electron chi connectivity index (χ3n) is 4.76. The number of carbonyl (C=O) groups is 1. The van der Waals surface area contributed by atoms with E-state index in [0.717, 1.165) is 10.4 Å². The summed E-state index contributed by atoms with van der Waals surface area (Å²) in [6, 6.07) is 14.2. The number of aromatic nitrogens is 1. The number of thiophene rings is 1. The Morgan fingerprint density at radius 3 is 2.74 bits per heavy atom. The lowest BCUT2D eigenvalue weighted by atomic mass is 10.0. The molecule has 4 aromatic rings. The molecule has 5 rings (SSSR count). The number of fused-ring (bicyclic) bond motifs is 2. The number of rotatable bonds is 3. The highest BCUT2D eigenvalue weighted by atomic mass is 32.1. The van der Waals surface area contributed by atoms with Crippen molar-refractivity contribution < 1.29 is 9.21 Å². The van der Waals surface area contributed by atoms with E-state index in [4.69, 9.17) is 4.42 Å². The number of para-hydroxylation sites is 1. The Kier molecular flexibility index (Phi) is 3.65. The molecule has 1 aliphatic heterocycles. The molecule has 3 aromatic heterocycles. The van der Waals surface area contributed by atoms with Crippen molar-refractivity contribution in [1.82, 2.24) is 9.88 Å². The predicted molar refractivity (Wildman–Crippen MR) is 103 cm³/mol. The Labute approximate surface area is 158 Å². The maximum Gasteiger partial charge on any atom is 0.291 e. The first-order valence-corrected chi connectivity index (χ1v) is 9.41. The SMILES string of the molecule is O=C1c2oc3ccccc3c(=O)c2C(c2cccs2)N1Cc1cccnc1. The zero-order chi connectivity index (χ0) is 18.4. The Morgan fingerprint density at radius 2 is 1.96 bits per heavy atom. The Bertz CT molecular complexity index is 1200. The number of hydrogen-bond acceptors (Lipinski definition) is 5. The minimum Gasteiger partial charge on any atom is -0.450 e. The van der Waals surface area contributed by atoms with Gasteiger partial charge in [0, 0.05) is 23.8 Å². The van der Waals surface area contributed by atoms with Crippen molar-refractivity contribution in [2.75, 3.05) is 0 Å². The largest absolute Gasteiger partial charge is 0.450 e. The van der Waals surface area contributed by atoms with E-state index in [9.17, 15) is 9.59 Å². The van der Waals surface area contributed by atoms with Crippen LogP contribution in [0.4, 0.5) is 0 Å². The summed E-state index contributed by atoms with van der Waals surface area (Å²) in [6.07, 6.45) is 3.42. The first kappa shape index (κ1) is 16.0. The second kappa shape index (κ2) is 6.17. The Hall–Kier alpha value is -3.25. The number of hydrogen-bond donors (Lipinski definition) is 0. The van der Waals surface area contributed by atoms with E-state index >= 15 is 0 Å². The molecular formula is C21H14N2O3S. The zero-order valence-electron chi connectivity index (χ0n) is 14.2. The lowest BCUT2D eigenvalue weighted by Crippen LogP contribution is -2.28. The molecule has 0 fully saturated rings. The minimum atomic E-state index is -0.450. The van der Waals surface area contributed by atoms with Crippen LogP contribution >= 0.6 is 11.3 Å². The van der Waals surface area contributed by atoms with Gasteiger partial charge in [-0.05, 0) is 35.2 Å². The van der Waals surface area contributed by atoms with E-state index in [1.165, 1.54) is 11.3 Å². The van der Waals surface area contributed by atoms with Gasteiger partial charge in [-0.15, -0.1) is 11.3 Å². The van der Waals surface area contributed by atoms with Crippen LogP contribution in [0.15, 0.2) is 75.5 Å². The highest BCUT2D eigenvalue weighted by molar-refractivity contribution is 7.10. The van der Waals surface area contributed by atoms with Gasteiger partial charge in [-0.25, -0.2) is 0 Å². The summed E-state index contributed by atoms with van der Waals surface area (Å²) in [4.78, 5) is 33.2. The van der Waals surface area contributed by atoms with E-state index in [1.54, 1.807) is 41.6 Å². The summed E-state index contributed by atoms with van der Waals surface area (Å²) in [5, 5.41) is 2.44. The van der Waals surface area contributed by atoms with Crippen molar-refractivity contribution in [1.29, 1.82) is 0 Å². The number of pyridine rings is 1. The van der Waals surface area contributed by atoms with Gasteiger partial charge in [-0.2, -0.15) is 0 Å². The molecule has 0 spiro atoms. The van der Waals surface area contributed by atoms with Gasteiger partial charge in [0.2, 0.25) is 5.76 Å². The fraction of sp³-hybridized carbons (Fsp3) is 0.0952. The van der Waals surface area contributed by atoms with Crippen LogP contribution in [0, 0.1) is 0 Å². The van der Waals surface area contributed by atoms with Crippen molar-refractivity contribution >= 4 is 28.2 Å². The van der Waals surface area contributed by atoms with Crippen LogP contribution in [0.5, 0.6) is 0 Å². The summed E-state index contributed by atoms with van der Waals surface area (Å²) >= 11 is 1.52. The van der Waals surface area contributed by atoms with Crippen molar-refractivity contribution in [2.45, 2.75) is 12.6 Å². The lowest BCUT2D eigenvalue weighted by Gasteiger charge is -2.23. The zero-order valence-corrected chi connectivity index (χ0v) is 15.0. The summed E-state index contributed by atoms with van der Waals surface area (Å²) in [6.45, 7) is 0.356. The smallest absolute Gasteiger partial charge is 0.291 e. The average Bonchev–Trinajstić information content (AvgIpc) is 3.31. The van der Waals surface area contributed by atoms with Gasteiger partial charge in [-0.3, -0.25) is 14.6 Å². The standard InChI is InChI=1S/C21H14N2O3S/c24-19-14-6-1-2-7-15(14)26-20-17(19)18(16-8-4-10-27-16)23(21(20)25)12-13-5-3-9-22-11-13/h1-11,18H,12H2. The molecule has 27 heavy (non-hydrogen) atoms. The number of nitrogens with zero attached hydrogens (tertiary/aromatic N) is 2. The first-order chi connectivity index (χ1) is 13.2. The van der Waals surface area contributed by atoms with Crippen LogP contribution in [-0.2, 0) is 6.54 Å². The molecule has 1 aromatic carbocycles. The molecule has 132 valence electrons. The molecule has 0 aliphatic carbocycles. The van der Waals surface area contributed by atoms with Gasteiger partial charge in [0.25, 0.3) is 5.91 Å². The van der Waals surface area contributed by atoms with Crippen LogP contribution in [0.1, 0.15) is 32.6 Å². The van der Waals surface area contributed by atoms with Crippen molar-refractivity contribution in [3.63, 3.8) is 0 Å². The lowest BCUT2D eigenvalue weighted by molar-refractivity contribution is 0.0716. The Morgan fingerprint density at radius 1 is 1.07 bits per heavy atom. The van der Waals surface area contributed by atoms with Gasteiger partial charge in [0.05, 0.1) is 10.9 Å². The van der Waals surface area contributed by atoms with Gasteiger partial charge in [-0.1, -0.05) is 24.3 Å². The normalized spacial score (nSPS) is 16.1. The van der Waals surface area contributed by atoms with Crippen molar-refractivity contribution in [3.8, 4) is 0 Å². The monoisotopic (exact) mass is 374 g/mol. The maximum absolute atomic E-state index is 13.2. The first-order valence-electron chi connectivity index (χ1n) is 8.53. The number of benzene rings is 1.